The van der Waals surface area contributed by atoms with Crippen molar-refractivity contribution in [2.75, 3.05) is 163 Å². The third-order valence-electron chi connectivity index (χ3n) is 23.8. The fourth-order valence-corrected chi connectivity index (χ4v) is 17.2. The van der Waals surface area contributed by atoms with E-state index in [-0.39, 0.29) is 136 Å². The lowest BCUT2D eigenvalue weighted by atomic mass is 9.79. The van der Waals surface area contributed by atoms with Crippen molar-refractivity contribution in [1.82, 2.24) is 29.4 Å². The average molecular weight is 1990 g/mol. The number of rotatable bonds is 24. The highest BCUT2D eigenvalue weighted by Gasteiger charge is 2.47. The summed E-state index contributed by atoms with van der Waals surface area (Å²) in [6.07, 6.45) is -50.4. The number of ether oxygens (including phenoxy) is 12. The molecular weight excluding hydrogens is 1740 g/mol. The summed E-state index contributed by atoms with van der Waals surface area (Å²) in [6.45, 7) is -28.6. The monoisotopic (exact) mass is 1980 g/mol. The maximum absolute atomic E-state index is 11.2. The van der Waals surface area contributed by atoms with E-state index in [2.05, 4.69) is 0 Å². The molecule has 20 atom stereocenters. The highest BCUT2D eigenvalue weighted by Crippen LogP contribution is 2.52. The molecule has 6 aromatic carbocycles. The summed E-state index contributed by atoms with van der Waals surface area (Å²) in [4.78, 5) is 2.73. The van der Waals surface area contributed by atoms with Crippen molar-refractivity contribution in [3.05, 3.63) is 140 Å². The molecule has 6 saturated heterocycles. The quantitative estimate of drug-likeness (QED) is 0.0329. The van der Waals surface area contributed by atoms with Gasteiger partial charge in [0.05, 0.1) is 138 Å². The summed E-state index contributed by atoms with van der Waals surface area (Å²) in [5.74, 6) is -22.4. The van der Waals surface area contributed by atoms with Gasteiger partial charge >= 0.3 is 0 Å². The number of methoxy groups -OCH3 is 12. The number of aryl methyl sites for hydroxylation is 6. The van der Waals surface area contributed by atoms with Gasteiger partial charge in [-0.05, 0) is 326 Å². The van der Waals surface area contributed by atoms with Crippen LogP contribution in [0.1, 0.15) is 357 Å². The third-order valence-corrected chi connectivity index (χ3v) is 23.8. The standard InChI is InChI=1S/6C19H29NO3/c6*1-12(2)7-14-11-20-6-5-13-8-18(22-3)19(23-4)9-15(13)16(20)10-17(14)21/h6*8-9,12,14,16-17,21H,5-7,10-11H2,1-4H3/i4D3,5D2,6D2,10D2,11D2,14D,17D;1D3,4D3,5D2,6D2,7D2,11D2,12D;2*5D2,6D2,10D2,11D2,14D,17D;1D3,5D2,6D2,7D2,11D2,12D;4D3,5D2,6D2,11D2. The molecule has 6 aromatic rings. The molecule has 0 spiro atoms. The molecular formula is C114H174N6O18. The molecule has 6 fully saturated rings. The molecule has 24 heteroatoms. The number of hydrogen-bond acceptors (Lipinski definition) is 24. The zero-order valence-electron chi connectivity index (χ0n) is 149. The van der Waals surface area contributed by atoms with Gasteiger partial charge in [-0.25, -0.2) is 0 Å². The molecule has 18 rings (SSSR count). The SMILES string of the molecule is [2H]C([2H])([2H])Oc1cc2c(cc1OC)C([2H])([2H])C([2H])([2H])N1C2C([2H])([2H])C([2H])(O)C([2H])(CC(C)C)C1([2H])[2H].[2H]C([2H])([2H])Oc1cc2c(cc1OC)C([2H])([2H])C([2H])([2H])N1C2CC(O)C(C([2H])([2H])C([2H])(C)C([2H])([2H])[2H])C1([2H])[2H].[2H]C([2H])([2H])Oc1cc2c(cc1OC)C([2H])([2H])C([2H])([2H])N1C2CC(O)C(CC(C)C)C1([2H])[2H].[2H]C1([2H])C(C([2H])([2H])C([2H])(C)C([2H])([2H])[2H])C(O)CC2c3cc(OC)c(OC)cc3C([2H])([2H])C([2H])([2H])N21.[2H]C1([2H])c2cc(OC)c(OC)cc2C2N(C1([2H])[2H])C([2H])([2H])C([2H])(CC(C)C)C([2H])(O)C2([2H])[2H].[2H]C1([2H])c2cc(OC)c(OC)cc2C2N(C1([2H])[2H])C([2H])([2H])C([2H])(CC(C)C)C([2H])(O)C2([2H])[2H]. The van der Waals surface area contributed by atoms with Crippen LogP contribution in [-0.4, -0.2) is 260 Å². The van der Waals surface area contributed by atoms with Crippen molar-refractivity contribution in [3.8, 4) is 69.0 Å². The molecule has 12 heterocycles. The van der Waals surface area contributed by atoms with Gasteiger partial charge in [0.25, 0.3) is 0 Å². The largest absolute Gasteiger partial charge is 0.493 e. The van der Waals surface area contributed by atoms with E-state index in [1.54, 1.807) is 41.5 Å². The summed E-state index contributed by atoms with van der Waals surface area (Å²) >= 11 is 0. The number of aliphatic hydroxyl groups is 6. The zero-order chi connectivity index (χ0) is 160. The Bertz CT molecular complexity index is 8160. The van der Waals surface area contributed by atoms with Crippen LogP contribution in [0.2, 0.25) is 0 Å². The van der Waals surface area contributed by atoms with Gasteiger partial charge in [0, 0.05) is 192 Å². The van der Waals surface area contributed by atoms with Crippen molar-refractivity contribution < 1.29 is 182 Å². The van der Waals surface area contributed by atoms with Crippen LogP contribution in [-0.2, 0) is 38.2 Å². The Morgan fingerprint density at radius 1 is 0.297 bits per heavy atom. The smallest absolute Gasteiger partial charge is 0.161 e. The Hall–Kier alpha value is -7.56. The summed E-state index contributed by atoms with van der Waals surface area (Å²) in [7, 11) is 2.62. The molecule has 768 valence electrons. The summed E-state index contributed by atoms with van der Waals surface area (Å²) in [5, 5.41) is 66.4. The Kier molecular flexibility index (Phi) is 17.4. The van der Waals surface area contributed by atoms with Gasteiger partial charge in [0.2, 0.25) is 0 Å². The Labute approximate surface area is 924 Å². The van der Waals surface area contributed by atoms with Crippen molar-refractivity contribution in [3.63, 3.8) is 0 Å². The van der Waals surface area contributed by atoms with Gasteiger partial charge in [-0.15, -0.1) is 0 Å². The van der Waals surface area contributed by atoms with Gasteiger partial charge in [-0.2, -0.15) is 0 Å². The number of hydrogen-bond donors (Lipinski definition) is 6. The zero-order valence-corrected chi connectivity index (χ0v) is 80.4. The van der Waals surface area contributed by atoms with Crippen LogP contribution in [0.3, 0.4) is 0 Å². The first-order valence-electron chi connectivity index (χ1n) is 79.3. The molecule has 12 aliphatic heterocycles. The summed E-state index contributed by atoms with van der Waals surface area (Å²) in [6, 6.07) is 3.95. The maximum Gasteiger partial charge on any atom is 0.161 e. The molecule has 0 amide bonds. The minimum absolute atomic E-state index is 0.0320. The van der Waals surface area contributed by atoms with Crippen molar-refractivity contribution >= 4 is 0 Å². The molecule has 12 aliphatic rings. The van der Waals surface area contributed by atoms with E-state index in [1.807, 2.05) is 13.8 Å². The first-order chi connectivity index (χ1) is 92.3. The van der Waals surface area contributed by atoms with Crippen molar-refractivity contribution in [2.24, 2.45) is 70.9 Å². The van der Waals surface area contributed by atoms with Crippen LogP contribution >= 0.6 is 0 Å². The van der Waals surface area contributed by atoms with Crippen LogP contribution in [0.5, 0.6) is 69.0 Å². The van der Waals surface area contributed by atoms with Crippen LogP contribution in [0.4, 0.5) is 0 Å². The fraction of sp³-hybridized carbons (Fsp3) is 0.684. The molecule has 6 N–H and O–H groups in total. The number of aliphatic hydroxyl groups excluding tert-OH is 3. The van der Waals surface area contributed by atoms with Gasteiger partial charge < -0.3 is 87.5 Å². The first kappa shape index (κ1) is 48.9. The Balaban J connectivity index is 0.000000199. The predicted octanol–water partition coefficient (Wildman–Crippen LogP) is 18.2. The lowest BCUT2D eigenvalue weighted by Gasteiger charge is -2.46. The van der Waals surface area contributed by atoms with Crippen LogP contribution in [0, 0.1) is 70.9 Å². The Morgan fingerprint density at radius 2 is 0.500 bits per heavy atom. The molecule has 138 heavy (non-hydrogen) atoms. The van der Waals surface area contributed by atoms with Gasteiger partial charge in [-0.3, -0.25) is 29.4 Å². The number of piperidine rings is 6. The van der Waals surface area contributed by atoms with Crippen molar-refractivity contribution in [1.29, 1.82) is 0 Å². The second kappa shape index (κ2) is 49.1. The molecule has 0 bridgehead atoms. The molecule has 0 radical (unpaired) electrons. The minimum Gasteiger partial charge on any atom is -0.493 e. The third kappa shape index (κ3) is 25.4. The molecule has 0 aromatic heterocycles. The second-order valence-electron chi connectivity index (χ2n) is 35.4. The molecule has 24 nitrogen and oxygen atoms in total. The normalized spacial score (nSPS) is 47.2. The lowest BCUT2D eigenvalue weighted by molar-refractivity contribution is -0.0192. The number of nitrogens with zero attached hydrogens (tertiary/aromatic N) is 6. The highest BCUT2D eigenvalue weighted by molar-refractivity contribution is 5.55. The van der Waals surface area contributed by atoms with E-state index in [0.29, 0.717) is 26.0 Å². The van der Waals surface area contributed by atoms with Crippen LogP contribution in [0.15, 0.2) is 72.8 Å². The highest BCUT2D eigenvalue weighted by atomic mass is 16.5. The fourth-order valence-electron chi connectivity index (χ4n) is 17.2. The van der Waals surface area contributed by atoms with Gasteiger partial charge in [-0.1, -0.05) is 82.9 Å². The van der Waals surface area contributed by atoms with E-state index in [9.17, 15) is 30.6 Å². The van der Waals surface area contributed by atoms with Crippen LogP contribution in [0.25, 0.3) is 0 Å². The van der Waals surface area contributed by atoms with Gasteiger partial charge in [0.15, 0.2) is 69.0 Å². The van der Waals surface area contributed by atoms with E-state index < -0.39 is 370 Å². The summed E-state index contributed by atoms with van der Waals surface area (Å²) < 4.78 is 642. The lowest BCUT2D eigenvalue weighted by Crippen LogP contribution is -2.48. The molecule has 20 unspecified atom stereocenters. The second-order valence-corrected chi connectivity index (χ2v) is 35.4. The van der Waals surface area contributed by atoms with E-state index in [4.69, 9.17) is 151 Å². The summed E-state index contributed by atoms with van der Waals surface area (Å²) in [5.41, 5.74) is -2.37. The molecule has 0 saturated carbocycles. The topological polar surface area (TPSA) is 252 Å². The number of benzene rings is 6. The van der Waals surface area contributed by atoms with Crippen LogP contribution < -0.4 is 56.8 Å². The van der Waals surface area contributed by atoms with Crippen molar-refractivity contribution in [2.45, 2.75) is 271 Å². The van der Waals surface area contributed by atoms with E-state index in [1.165, 1.54) is 86.2 Å². The average Bonchev–Trinajstić information content (AvgIpc) is 0.654. The van der Waals surface area contributed by atoms with Gasteiger partial charge in [0.1, 0.15) is 0 Å². The first-order valence-corrected chi connectivity index (χ1v) is 44.8. The van der Waals surface area contributed by atoms with E-state index >= 15 is 0 Å². The maximum atomic E-state index is 11.2. The predicted molar refractivity (Wildman–Crippen MR) is 547 cm³/mol. The Morgan fingerprint density at radius 3 is 0.717 bits per heavy atom. The minimum atomic E-state index is -3.45. The van der Waals surface area contributed by atoms with E-state index in [0.717, 1.165) is 69.4 Å². The molecule has 0 aliphatic carbocycles. The number of fused-ring (bicyclic) bond motifs is 18.